The third-order valence-electron chi connectivity index (χ3n) is 3.41. The maximum absolute atomic E-state index is 12.1. The molecular weight excluding hydrogens is 410 g/mol. The second kappa shape index (κ2) is 9.07. The standard InChI is InChI=1S/C14H18ClIN2O.ClH/c15-11-3-4-13(16)12(8-11)14(19)18-7-5-10-2-1-6-17-9-10;/h3-4,8,10,17H,1-2,5-7,9H2,(H,18,19);1H. The van der Waals surface area contributed by atoms with Gasteiger partial charge in [0, 0.05) is 15.1 Å². The minimum absolute atomic E-state index is 0. The first-order valence-electron chi connectivity index (χ1n) is 6.61. The van der Waals surface area contributed by atoms with E-state index < -0.39 is 0 Å². The van der Waals surface area contributed by atoms with Gasteiger partial charge in [-0.25, -0.2) is 0 Å². The summed E-state index contributed by atoms with van der Waals surface area (Å²) in [5.41, 5.74) is 0.662. The zero-order valence-electron chi connectivity index (χ0n) is 11.1. The van der Waals surface area contributed by atoms with Crippen LogP contribution in [0.3, 0.4) is 0 Å². The molecule has 112 valence electrons. The monoisotopic (exact) mass is 428 g/mol. The van der Waals surface area contributed by atoms with Crippen molar-refractivity contribution in [1.82, 2.24) is 10.6 Å². The molecule has 0 aliphatic carbocycles. The molecule has 1 saturated heterocycles. The number of nitrogens with one attached hydrogen (secondary N) is 2. The number of carbonyl (C=O) groups is 1. The van der Waals surface area contributed by atoms with E-state index >= 15 is 0 Å². The topological polar surface area (TPSA) is 41.1 Å². The van der Waals surface area contributed by atoms with E-state index in [1.807, 2.05) is 6.07 Å². The van der Waals surface area contributed by atoms with Crippen LogP contribution < -0.4 is 10.6 Å². The fourth-order valence-corrected chi connectivity index (χ4v) is 3.08. The van der Waals surface area contributed by atoms with Crippen molar-refractivity contribution in [3.05, 3.63) is 32.4 Å². The molecule has 1 aromatic rings. The normalized spacial score (nSPS) is 18.2. The molecule has 1 fully saturated rings. The van der Waals surface area contributed by atoms with Gasteiger partial charge in [-0.15, -0.1) is 12.4 Å². The molecule has 1 aliphatic rings. The fraction of sp³-hybridized carbons (Fsp3) is 0.500. The Kier molecular flexibility index (Phi) is 8.17. The highest BCUT2D eigenvalue weighted by molar-refractivity contribution is 14.1. The zero-order chi connectivity index (χ0) is 13.7. The number of halogens is 3. The van der Waals surface area contributed by atoms with Crippen molar-refractivity contribution in [2.75, 3.05) is 19.6 Å². The number of amides is 1. The molecule has 0 bridgehead atoms. The summed E-state index contributed by atoms with van der Waals surface area (Å²) in [6.45, 7) is 2.93. The molecule has 0 spiro atoms. The van der Waals surface area contributed by atoms with Crippen LogP contribution in [0.2, 0.25) is 5.02 Å². The SMILES string of the molecule is Cl.O=C(NCCC1CCCNC1)c1cc(Cl)ccc1I. The Hall–Kier alpha value is -0.0400. The van der Waals surface area contributed by atoms with Crippen LogP contribution in [-0.4, -0.2) is 25.5 Å². The first-order valence-corrected chi connectivity index (χ1v) is 8.06. The van der Waals surface area contributed by atoms with Gasteiger partial charge in [0.1, 0.15) is 0 Å². The highest BCUT2D eigenvalue weighted by Gasteiger charge is 2.14. The molecule has 20 heavy (non-hydrogen) atoms. The summed E-state index contributed by atoms with van der Waals surface area (Å²) in [4.78, 5) is 12.1. The summed E-state index contributed by atoms with van der Waals surface area (Å²) in [6.07, 6.45) is 3.54. The maximum atomic E-state index is 12.1. The summed E-state index contributed by atoms with van der Waals surface area (Å²) in [5.74, 6) is 0.656. The summed E-state index contributed by atoms with van der Waals surface area (Å²) in [6, 6.07) is 5.39. The van der Waals surface area contributed by atoms with Crippen LogP contribution in [0.1, 0.15) is 29.6 Å². The second-order valence-corrected chi connectivity index (χ2v) is 6.48. The van der Waals surface area contributed by atoms with Gasteiger partial charge in [-0.05, 0) is 79.1 Å². The summed E-state index contributed by atoms with van der Waals surface area (Å²) < 4.78 is 0.929. The summed E-state index contributed by atoms with van der Waals surface area (Å²) in [7, 11) is 0. The molecule has 0 radical (unpaired) electrons. The molecule has 1 amide bonds. The second-order valence-electron chi connectivity index (χ2n) is 4.88. The number of hydrogen-bond acceptors (Lipinski definition) is 2. The van der Waals surface area contributed by atoms with E-state index in [0.29, 0.717) is 16.5 Å². The first-order chi connectivity index (χ1) is 9.16. The van der Waals surface area contributed by atoms with Crippen molar-refractivity contribution in [3.8, 4) is 0 Å². The molecule has 0 aromatic heterocycles. The molecular formula is C14H19Cl2IN2O. The van der Waals surface area contributed by atoms with E-state index in [1.54, 1.807) is 12.1 Å². The average Bonchev–Trinajstić information content (AvgIpc) is 2.42. The van der Waals surface area contributed by atoms with Crippen molar-refractivity contribution in [3.63, 3.8) is 0 Å². The quantitative estimate of drug-likeness (QED) is 0.720. The Bertz CT molecular complexity index is 451. The van der Waals surface area contributed by atoms with Gasteiger partial charge < -0.3 is 10.6 Å². The smallest absolute Gasteiger partial charge is 0.252 e. The minimum Gasteiger partial charge on any atom is -0.352 e. The van der Waals surface area contributed by atoms with Crippen LogP contribution >= 0.6 is 46.6 Å². The Balaban J connectivity index is 0.00000200. The molecule has 1 aliphatic heterocycles. The van der Waals surface area contributed by atoms with Crippen molar-refractivity contribution >= 4 is 52.5 Å². The van der Waals surface area contributed by atoms with Crippen molar-refractivity contribution in [2.24, 2.45) is 5.92 Å². The molecule has 0 saturated carbocycles. The Morgan fingerprint density at radius 3 is 3.00 bits per heavy atom. The number of rotatable bonds is 4. The Morgan fingerprint density at radius 1 is 1.50 bits per heavy atom. The molecule has 3 nitrogen and oxygen atoms in total. The van der Waals surface area contributed by atoms with Crippen LogP contribution in [0.4, 0.5) is 0 Å². The predicted octanol–water partition coefficient (Wildman–Crippen LogP) is 3.49. The van der Waals surface area contributed by atoms with Crippen LogP contribution in [0.5, 0.6) is 0 Å². The van der Waals surface area contributed by atoms with Gasteiger partial charge >= 0.3 is 0 Å². The van der Waals surface area contributed by atoms with Gasteiger partial charge in [-0.3, -0.25) is 4.79 Å². The van der Waals surface area contributed by atoms with E-state index in [4.69, 9.17) is 11.6 Å². The first kappa shape index (κ1) is 18.0. The molecule has 2 N–H and O–H groups in total. The van der Waals surface area contributed by atoms with Crippen molar-refractivity contribution in [2.45, 2.75) is 19.3 Å². The minimum atomic E-state index is -0.0318. The molecule has 1 unspecified atom stereocenters. The molecule has 6 heteroatoms. The number of hydrogen-bond donors (Lipinski definition) is 2. The molecule has 2 rings (SSSR count). The van der Waals surface area contributed by atoms with E-state index in [0.717, 1.165) is 29.6 Å². The lowest BCUT2D eigenvalue weighted by Gasteiger charge is -2.22. The largest absolute Gasteiger partial charge is 0.352 e. The molecule has 1 heterocycles. The van der Waals surface area contributed by atoms with Gasteiger partial charge in [0.15, 0.2) is 0 Å². The maximum Gasteiger partial charge on any atom is 0.252 e. The van der Waals surface area contributed by atoms with Crippen molar-refractivity contribution in [1.29, 1.82) is 0 Å². The van der Waals surface area contributed by atoms with Crippen LogP contribution in [0.15, 0.2) is 18.2 Å². The van der Waals surface area contributed by atoms with E-state index in [2.05, 4.69) is 33.2 Å². The van der Waals surface area contributed by atoms with Crippen LogP contribution in [0, 0.1) is 9.49 Å². The lowest BCUT2D eigenvalue weighted by Crippen LogP contribution is -2.33. The van der Waals surface area contributed by atoms with Crippen LogP contribution in [-0.2, 0) is 0 Å². The molecule has 1 aromatic carbocycles. The van der Waals surface area contributed by atoms with Gasteiger partial charge in [-0.2, -0.15) is 0 Å². The van der Waals surface area contributed by atoms with Gasteiger partial charge in [0.25, 0.3) is 5.91 Å². The van der Waals surface area contributed by atoms with Crippen molar-refractivity contribution < 1.29 is 4.79 Å². The van der Waals surface area contributed by atoms with E-state index in [1.165, 1.54) is 12.8 Å². The third kappa shape index (κ3) is 5.39. The van der Waals surface area contributed by atoms with Crippen LogP contribution in [0.25, 0.3) is 0 Å². The predicted molar refractivity (Wildman–Crippen MR) is 94.0 cm³/mol. The lowest BCUT2D eigenvalue weighted by molar-refractivity contribution is 0.0950. The number of benzene rings is 1. The van der Waals surface area contributed by atoms with Gasteiger partial charge in [0.05, 0.1) is 5.56 Å². The van der Waals surface area contributed by atoms with E-state index in [9.17, 15) is 4.79 Å². The summed E-state index contributed by atoms with van der Waals surface area (Å²) >= 11 is 8.08. The Labute approximate surface area is 144 Å². The zero-order valence-corrected chi connectivity index (χ0v) is 14.9. The third-order valence-corrected chi connectivity index (χ3v) is 4.59. The highest BCUT2D eigenvalue weighted by atomic mass is 127. The lowest BCUT2D eigenvalue weighted by atomic mass is 9.96. The number of carbonyl (C=O) groups excluding carboxylic acids is 1. The van der Waals surface area contributed by atoms with Gasteiger partial charge in [-0.1, -0.05) is 11.6 Å². The highest BCUT2D eigenvalue weighted by Crippen LogP contribution is 2.18. The molecule has 1 atom stereocenters. The Morgan fingerprint density at radius 2 is 2.30 bits per heavy atom. The van der Waals surface area contributed by atoms with Gasteiger partial charge in [0.2, 0.25) is 0 Å². The fourth-order valence-electron chi connectivity index (χ4n) is 2.33. The number of piperidine rings is 1. The van der Waals surface area contributed by atoms with E-state index in [-0.39, 0.29) is 18.3 Å². The average molecular weight is 429 g/mol. The summed E-state index contributed by atoms with van der Waals surface area (Å²) in [5, 5.41) is 6.97.